The first-order valence-electron chi connectivity index (χ1n) is 9.14. The minimum absolute atomic E-state index is 0.134. The Morgan fingerprint density at radius 2 is 2.10 bits per heavy atom. The molecule has 0 aromatic carbocycles. The number of amides is 2. The van der Waals surface area contributed by atoms with E-state index in [9.17, 15) is 9.59 Å². The molecule has 0 saturated carbocycles. The van der Waals surface area contributed by atoms with Crippen molar-refractivity contribution in [3.8, 4) is 0 Å². The second-order valence-electron chi connectivity index (χ2n) is 6.54. The normalized spacial score (nSPS) is 11.1. The molecule has 4 heterocycles. The van der Waals surface area contributed by atoms with Crippen molar-refractivity contribution in [1.29, 1.82) is 0 Å². The van der Waals surface area contributed by atoms with Gasteiger partial charge in [0.2, 0.25) is 0 Å². The molecule has 0 aliphatic rings. The number of pyridine rings is 2. The van der Waals surface area contributed by atoms with Gasteiger partial charge in [0.25, 0.3) is 11.8 Å². The number of rotatable bonds is 6. The van der Waals surface area contributed by atoms with Crippen LogP contribution in [0.25, 0.3) is 16.0 Å². The lowest BCUT2D eigenvalue weighted by molar-refractivity contribution is 0.0933. The largest absolute Gasteiger partial charge is 0.395 e. The molecule has 0 atom stereocenters. The molecule has 0 radical (unpaired) electrons. The van der Waals surface area contributed by atoms with Crippen molar-refractivity contribution in [3.63, 3.8) is 0 Å². The maximum atomic E-state index is 12.8. The van der Waals surface area contributed by atoms with Crippen LogP contribution in [-0.4, -0.2) is 49.4 Å². The zero-order valence-electron chi connectivity index (χ0n) is 16.0. The number of imidazole rings is 1. The van der Waals surface area contributed by atoms with Crippen molar-refractivity contribution in [2.24, 2.45) is 0 Å². The van der Waals surface area contributed by atoms with Gasteiger partial charge in [-0.05, 0) is 30.7 Å². The van der Waals surface area contributed by atoms with Crippen molar-refractivity contribution in [1.82, 2.24) is 30.0 Å². The molecule has 30 heavy (non-hydrogen) atoms. The van der Waals surface area contributed by atoms with Crippen LogP contribution in [0.1, 0.15) is 32.1 Å². The fourth-order valence-corrected chi connectivity index (χ4v) is 3.89. The molecule has 0 saturated heterocycles. The van der Waals surface area contributed by atoms with Crippen LogP contribution in [-0.2, 0) is 6.54 Å². The number of aryl methyl sites for hydroxylation is 1. The Morgan fingerprint density at radius 1 is 1.27 bits per heavy atom. The van der Waals surface area contributed by atoms with E-state index >= 15 is 0 Å². The van der Waals surface area contributed by atoms with Crippen LogP contribution < -0.4 is 16.4 Å². The number of fused-ring (bicyclic) bond motifs is 2. The average Bonchev–Trinajstić information content (AvgIpc) is 3.27. The summed E-state index contributed by atoms with van der Waals surface area (Å²) in [5.74, 6) is -0.688. The highest BCUT2D eigenvalue weighted by Gasteiger charge is 2.20. The van der Waals surface area contributed by atoms with Gasteiger partial charge >= 0.3 is 0 Å². The fraction of sp³-hybridized carbons (Fsp3) is 0.211. The summed E-state index contributed by atoms with van der Waals surface area (Å²) >= 11 is 1.34. The van der Waals surface area contributed by atoms with Gasteiger partial charge in [0.05, 0.1) is 22.6 Å². The lowest BCUT2D eigenvalue weighted by atomic mass is 10.2. The molecule has 2 amide bonds. The molecule has 154 valence electrons. The number of nitrogen functional groups attached to an aromatic ring is 1. The SMILES string of the molecule is Cc1nc2c(C(=O)NCc3cnc4nc(N)sc4c3)cccn2c1C(=O)NCCO. The van der Waals surface area contributed by atoms with Crippen LogP contribution >= 0.6 is 11.3 Å². The Kier molecular flexibility index (Phi) is 5.29. The van der Waals surface area contributed by atoms with E-state index in [2.05, 4.69) is 25.6 Å². The molecule has 0 aliphatic heterocycles. The van der Waals surface area contributed by atoms with Crippen LogP contribution in [0, 0.1) is 6.92 Å². The summed E-state index contributed by atoms with van der Waals surface area (Å²) in [5.41, 5.74) is 8.64. The predicted molar refractivity (Wildman–Crippen MR) is 112 cm³/mol. The van der Waals surface area contributed by atoms with E-state index in [0.717, 1.165) is 10.3 Å². The van der Waals surface area contributed by atoms with E-state index in [1.54, 1.807) is 35.9 Å². The van der Waals surface area contributed by atoms with Crippen LogP contribution in [0.3, 0.4) is 0 Å². The van der Waals surface area contributed by atoms with Gasteiger partial charge in [-0.15, -0.1) is 0 Å². The number of nitrogens with zero attached hydrogens (tertiary/aromatic N) is 4. The number of hydrogen-bond acceptors (Lipinski definition) is 8. The van der Waals surface area contributed by atoms with Crippen molar-refractivity contribution in [3.05, 3.63) is 53.1 Å². The Bertz CT molecular complexity index is 1260. The zero-order valence-corrected chi connectivity index (χ0v) is 16.9. The lowest BCUT2D eigenvalue weighted by Gasteiger charge is -2.08. The molecule has 0 unspecified atom stereocenters. The third kappa shape index (κ3) is 3.67. The lowest BCUT2D eigenvalue weighted by Crippen LogP contribution is -2.28. The second kappa shape index (κ2) is 8.05. The number of aliphatic hydroxyl groups excluding tert-OH is 1. The highest BCUT2D eigenvalue weighted by molar-refractivity contribution is 7.22. The molecular weight excluding hydrogens is 406 g/mol. The van der Waals surface area contributed by atoms with Gasteiger partial charge in [0.15, 0.2) is 16.4 Å². The minimum atomic E-state index is -0.366. The highest BCUT2D eigenvalue weighted by Crippen LogP contribution is 2.23. The van der Waals surface area contributed by atoms with Gasteiger partial charge in [-0.1, -0.05) is 11.3 Å². The monoisotopic (exact) mass is 425 g/mol. The Hall–Kier alpha value is -3.57. The van der Waals surface area contributed by atoms with Crippen molar-refractivity contribution in [2.75, 3.05) is 18.9 Å². The summed E-state index contributed by atoms with van der Waals surface area (Å²) in [5, 5.41) is 14.8. The first-order valence-corrected chi connectivity index (χ1v) is 9.95. The molecule has 0 bridgehead atoms. The number of carbonyl (C=O) groups is 2. The maximum absolute atomic E-state index is 12.8. The van der Waals surface area contributed by atoms with Gasteiger partial charge in [0.1, 0.15) is 5.69 Å². The third-order valence-corrected chi connectivity index (χ3v) is 5.28. The summed E-state index contributed by atoms with van der Waals surface area (Å²) in [6.45, 7) is 1.94. The minimum Gasteiger partial charge on any atom is -0.395 e. The van der Waals surface area contributed by atoms with Crippen molar-refractivity contribution in [2.45, 2.75) is 13.5 Å². The van der Waals surface area contributed by atoms with Crippen molar-refractivity contribution >= 4 is 44.3 Å². The number of thiazole rings is 1. The van der Waals surface area contributed by atoms with E-state index in [1.165, 1.54) is 11.3 Å². The summed E-state index contributed by atoms with van der Waals surface area (Å²) in [4.78, 5) is 38.0. The molecule has 0 fully saturated rings. The van der Waals surface area contributed by atoms with E-state index in [0.29, 0.717) is 33.4 Å². The predicted octanol–water partition coefficient (Wildman–Crippen LogP) is 0.882. The highest BCUT2D eigenvalue weighted by atomic mass is 32.1. The fourth-order valence-electron chi connectivity index (χ4n) is 3.14. The molecule has 11 heteroatoms. The number of nitrogens with one attached hydrogen (secondary N) is 2. The van der Waals surface area contributed by atoms with E-state index < -0.39 is 0 Å². The number of hydrogen-bond donors (Lipinski definition) is 4. The van der Waals surface area contributed by atoms with Gasteiger partial charge in [-0.25, -0.2) is 15.0 Å². The topological polar surface area (TPSA) is 148 Å². The van der Waals surface area contributed by atoms with Crippen LogP contribution in [0.4, 0.5) is 5.13 Å². The molecule has 4 aromatic heterocycles. The third-order valence-electron chi connectivity index (χ3n) is 4.45. The van der Waals surface area contributed by atoms with Crippen LogP contribution in [0.2, 0.25) is 0 Å². The molecule has 5 N–H and O–H groups in total. The van der Waals surface area contributed by atoms with Gasteiger partial charge in [-0.3, -0.25) is 14.0 Å². The number of aliphatic hydroxyl groups is 1. The number of aromatic nitrogens is 4. The Labute approximate surface area is 174 Å². The average molecular weight is 425 g/mol. The van der Waals surface area contributed by atoms with E-state index in [4.69, 9.17) is 10.8 Å². The Morgan fingerprint density at radius 3 is 2.90 bits per heavy atom. The summed E-state index contributed by atoms with van der Waals surface area (Å²) in [6, 6.07) is 5.22. The number of carbonyl (C=O) groups excluding carboxylic acids is 2. The maximum Gasteiger partial charge on any atom is 0.270 e. The molecule has 0 aliphatic carbocycles. The van der Waals surface area contributed by atoms with Crippen LogP contribution in [0.5, 0.6) is 0 Å². The molecule has 10 nitrogen and oxygen atoms in total. The van der Waals surface area contributed by atoms with Crippen LogP contribution in [0.15, 0.2) is 30.6 Å². The van der Waals surface area contributed by atoms with Gasteiger partial charge in [0, 0.05) is 25.5 Å². The summed E-state index contributed by atoms with van der Waals surface area (Å²) in [6.07, 6.45) is 3.32. The van der Waals surface area contributed by atoms with E-state index in [1.807, 2.05) is 6.07 Å². The quantitative estimate of drug-likeness (QED) is 0.358. The smallest absolute Gasteiger partial charge is 0.270 e. The summed E-state index contributed by atoms with van der Waals surface area (Å²) in [7, 11) is 0. The zero-order chi connectivity index (χ0) is 21.3. The van der Waals surface area contributed by atoms with Gasteiger partial charge in [-0.2, -0.15) is 0 Å². The number of nitrogens with two attached hydrogens (primary N) is 1. The second-order valence-corrected chi connectivity index (χ2v) is 7.60. The van der Waals surface area contributed by atoms with Crippen molar-refractivity contribution < 1.29 is 14.7 Å². The first-order chi connectivity index (χ1) is 14.5. The van der Waals surface area contributed by atoms with Gasteiger partial charge < -0.3 is 21.5 Å². The number of anilines is 1. The molecular formula is C19H19N7O3S. The standard InChI is InChI=1S/C19H19N7O3S/c1-10-14(18(29)21-4-6-27)26-5-2-3-12(16(26)24-10)17(28)23-9-11-7-13-15(22-8-11)25-19(20)30-13/h2-3,5,7-8,27H,4,6,9H2,1H3,(H,21,29)(H,23,28)(H2,20,22,25). The van der Waals surface area contributed by atoms with E-state index in [-0.39, 0.29) is 31.5 Å². The summed E-state index contributed by atoms with van der Waals surface area (Å²) < 4.78 is 2.42. The molecule has 4 aromatic rings. The molecule has 4 rings (SSSR count). The Balaban J connectivity index is 1.57. The first kappa shape index (κ1) is 19.7. The molecule has 0 spiro atoms.